The fourth-order valence-electron chi connectivity index (χ4n) is 2.13. The number of halogens is 1. The largest absolute Gasteiger partial charge is 0.452 e. The predicted octanol–water partition coefficient (Wildman–Crippen LogP) is 2.52. The molecular weight excluding hydrogens is 331 g/mol. The van der Waals surface area contributed by atoms with Gasteiger partial charge in [-0.1, -0.05) is 24.3 Å². The van der Waals surface area contributed by atoms with Crippen LogP contribution in [0.2, 0.25) is 0 Å². The van der Waals surface area contributed by atoms with Crippen molar-refractivity contribution < 1.29 is 23.6 Å². The summed E-state index contributed by atoms with van der Waals surface area (Å²) in [4.78, 5) is 34.1. The van der Waals surface area contributed by atoms with Crippen LogP contribution in [0.25, 0.3) is 0 Å². The van der Waals surface area contributed by atoms with Gasteiger partial charge in [-0.25, -0.2) is 9.18 Å². The second kappa shape index (κ2) is 8.00. The van der Waals surface area contributed by atoms with E-state index in [1.54, 1.807) is 0 Å². The summed E-state index contributed by atoms with van der Waals surface area (Å²) in [5.74, 6) is -1.90. The minimum Gasteiger partial charge on any atom is -0.452 e. The normalized spacial score (nSPS) is 10.2. The first kappa shape index (κ1) is 18.1. The summed E-state index contributed by atoms with van der Waals surface area (Å²) >= 11 is 0. The Morgan fingerprint density at radius 2 is 1.88 bits per heavy atom. The molecule has 0 aromatic heterocycles. The number of esters is 1. The summed E-state index contributed by atoms with van der Waals surface area (Å²) in [5, 5.41) is 13.5. The van der Waals surface area contributed by atoms with Gasteiger partial charge >= 0.3 is 5.97 Å². The molecule has 8 heteroatoms. The molecular formula is C17H15FN2O5. The first-order valence-electron chi connectivity index (χ1n) is 7.30. The SMILES string of the molecule is Cc1cccc([N+](=O)[O-])c1C(=O)OCC(=O)NCc1ccc(F)cc1. The van der Waals surface area contributed by atoms with Crippen LogP contribution in [0.3, 0.4) is 0 Å². The van der Waals surface area contributed by atoms with Crippen LogP contribution >= 0.6 is 0 Å². The van der Waals surface area contributed by atoms with Gasteiger partial charge in [0, 0.05) is 12.6 Å². The monoisotopic (exact) mass is 346 g/mol. The van der Waals surface area contributed by atoms with E-state index in [4.69, 9.17) is 4.74 Å². The number of nitro benzene ring substituents is 1. The maximum atomic E-state index is 12.8. The third-order valence-corrected chi connectivity index (χ3v) is 3.39. The zero-order chi connectivity index (χ0) is 18.4. The average Bonchev–Trinajstić information content (AvgIpc) is 2.58. The van der Waals surface area contributed by atoms with Crippen molar-refractivity contribution in [3.8, 4) is 0 Å². The Balaban J connectivity index is 1.92. The number of benzene rings is 2. The molecule has 130 valence electrons. The topological polar surface area (TPSA) is 98.5 Å². The molecule has 25 heavy (non-hydrogen) atoms. The molecule has 7 nitrogen and oxygen atoms in total. The second-order valence-corrected chi connectivity index (χ2v) is 5.21. The third kappa shape index (κ3) is 4.84. The Kier molecular flexibility index (Phi) is 5.78. The molecule has 0 saturated carbocycles. The van der Waals surface area contributed by atoms with Crippen LogP contribution in [-0.2, 0) is 16.1 Å². The number of aryl methyl sites for hydroxylation is 1. The van der Waals surface area contributed by atoms with E-state index in [-0.39, 0.29) is 23.6 Å². The lowest BCUT2D eigenvalue weighted by atomic mass is 10.1. The van der Waals surface area contributed by atoms with Crippen molar-refractivity contribution in [3.63, 3.8) is 0 Å². The molecule has 0 heterocycles. The highest BCUT2D eigenvalue weighted by atomic mass is 19.1. The fraction of sp³-hybridized carbons (Fsp3) is 0.176. The molecule has 0 fully saturated rings. The number of carbonyl (C=O) groups is 2. The molecule has 2 rings (SSSR count). The summed E-state index contributed by atoms with van der Waals surface area (Å²) in [6, 6.07) is 9.74. The van der Waals surface area contributed by atoms with Gasteiger partial charge in [0.2, 0.25) is 0 Å². The van der Waals surface area contributed by atoms with Gasteiger partial charge in [-0.3, -0.25) is 14.9 Å². The van der Waals surface area contributed by atoms with Crippen LogP contribution in [0.15, 0.2) is 42.5 Å². The van der Waals surface area contributed by atoms with Crippen molar-refractivity contribution in [2.75, 3.05) is 6.61 Å². The van der Waals surface area contributed by atoms with Crippen molar-refractivity contribution in [2.24, 2.45) is 0 Å². The van der Waals surface area contributed by atoms with E-state index in [0.717, 1.165) is 0 Å². The Bertz CT molecular complexity index is 805. The van der Waals surface area contributed by atoms with E-state index in [1.807, 2.05) is 0 Å². The van der Waals surface area contributed by atoms with Crippen LogP contribution in [0.5, 0.6) is 0 Å². The third-order valence-electron chi connectivity index (χ3n) is 3.39. The van der Waals surface area contributed by atoms with E-state index in [1.165, 1.54) is 49.4 Å². The fourth-order valence-corrected chi connectivity index (χ4v) is 2.13. The molecule has 2 aromatic carbocycles. The Labute approximate surface area is 142 Å². The predicted molar refractivity (Wildman–Crippen MR) is 86.4 cm³/mol. The maximum Gasteiger partial charge on any atom is 0.345 e. The summed E-state index contributed by atoms with van der Waals surface area (Å²) in [6.45, 7) is 1.10. The molecule has 0 atom stereocenters. The number of nitrogens with one attached hydrogen (secondary N) is 1. The molecule has 1 N–H and O–H groups in total. The number of carbonyl (C=O) groups excluding carboxylic acids is 2. The molecule has 0 aliphatic rings. The Hall–Kier alpha value is -3.29. The van der Waals surface area contributed by atoms with Gasteiger partial charge < -0.3 is 10.1 Å². The highest BCUT2D eigenvalue weighted by Gasteiger charge is 2.24. The van der Waals surface area contributed by atoms with Crippen LogP contribution in [-0.4, -0.2) is 23.4 Å². The van der Waals surface area contributed by atoms with Crippen LogP contribution in [0, 0.1) is 22.9 Å². The zero-order valence-electron chi connectivity index (χ0n) is 13.3. The lowest BCUT2D eigenvalue weighted by Gasteiger charge is -2.08. The molecule has 0 unspecified atom stereocenters. The summed E-state index contributed by atoms with van der Waals surface area (Å²) in [7, 11) is 0. The standard InChI is InChI=1S/C17H15FN2O5/c1-11-3-2-4-14(20(23)24)16(11)17(22)25-10-15(21)19-9-12-5-7-13(18)8-6-12/h2-8H,9-10H2,1H3,(H,19,21). The van der Waals surface area contributed by atoms with Crippen molar-refractivity contribution in [1.82, 2.24) is 5.32 Å². The number of nitro groups is 1. The van der Waals surface area contributed by atoms with Crippen LogP contribution in [0.1, 0.15) is 21.5 Å². The molecule has 0 spiro atoms. The lowest BCUT2D eigenvalue weighted by Crippen LogP contribution is -2.28. The Morgan fingerprint density at radius 3 is 2.52 bits per heavy atom. The minimum absolute atomic E-state index is 0.140. The van der Waals surface area contributed by atoms with Crippen LogP contribution in [0.4, 0.5) is 10.1 Å². The number of amides is 1. The second-order valence-electron chi connectivity index (χ2n) is 5.21. The quantitative estimate of drug-likeness (QED) is 0.492. The minimum atomic E-state index is -0.943. The highest BCUT2D eigenvalue weighted by Crippen LogP contribution is 2.22. The van der Waals surface area contributed by atoms with Crippen molar-refractivity contribution in [1.29, 1.82) is 0 Å². The Morgan fingerprint density at radius 1 is 1.20 bits per heavy atom. The molecule has 0 saturated heterocycles. The first-order valence-corrected chi connectivity index (χ1v) is 7.30. The summed E-state index contributed by atoms with van der Waals surface area (Å²) in [5.41, 5.74) is 0.497. The lowest BCUT2D eigenvalue weighted by molar-refractivity contribution is -0.385. The number of nitrogens with zero attached hydrogens (tertiary/aromatic N) is 1. The number of ether oxygens (including phenoxy) is 1. The van der Waals surface area contributed by atoms with Gasteiger partial charge in [0.15, 0.2) is 6.61 Å². The summed E-state index contributed by atoms with van der Waals surface area (Å²) in [6.07, 6.45) is 0. The van der Waals surface area contributed by atoms with Gasteiger partial charge in [0.05, 0.1) is 4.92 Å². The molecule has 0 aliphatic heterocycles. The molecule has 0 aliphatic carbocycles. The number of hydrogen-bond donors (Lipinski definition) is 1. The van der Waals surface area contributed by atoms with E-state index in [0.29, 0.717) is 11.1 Å². The van der Waals surface area contributed by atoms with Gasteiger partial charge in [0.25, 0.3) is 11.6 Å². The van der Waals surface area contributed by atoms with Gasteiger partial charge in [-0.2, -0.15) is 0 Å². The van der Waals surface area contributed by atoms with E-state index < -0.39 is 23.4 Å². The smallest absolute Gasteiger partial charge is 0.345 e. The van der Waals surface area contributed by atoms with E-state index >= 15 is 0 Å². The van der Waals surface area contributed by atoms with E-state index in [2.05, 4.69) is 5.32 Å². The van der Waals surface area contributed by atoms with Gasteiger partial charge in [-0.15, -0.1) is 0 Å². The van der Waals surface area contributed by atoms with Gasteiger partial charge in [0.1, 0.15) is 11.4 Å². The molecule has 2 aromatic rings. The molecule has 1 amide bonds. The zero-order valence-corrected chi connectivity index (χ0v) is 13.3. The highest BCUT2D eigenvalue weighted by molar-refractivity contribution is 5.96. The maximum absolute atomic E-state index is 12.8. The van der Waals surface area contributed by atoms with Crippen molar-refractivity contribution in [2.45, 2.75) is 13.5 Å². The number of hydrogen-bond acceptors (Lipinski definition) is 5. The van der Waals surface area contributed by atoms with Crippen molar-refractivity contribution in [3.05, 3.63) is 75.1 Å². The molecule has 0 radical (unpaired) electrons. The molecule has 0 bridgehead atoms. The average molecular weight is 346 g/mol. The van der Waals surface area contributed by atoms with Crippen LogP contribution < -0.4 is 5.32 Å². The first-order chi connectivity index (χ1) is 11.9. The van der Waals surface area contributed by atoms with E-state index in [9.17, 15) is 24.1 Å². The number of rotatable bonds is 6. The van der Waals surface area contributed by atoms with Crippen molar-refractivity contribution >= 4 is 17.6 Å². The van der Waals surface area contributed by atoms with Gasteiger partial charge in [-0.05, 0) is 30.2 Å². The summed E-state index contributed by atoms with van der Waals surface area (Å²) < 4.78 is 17.6.